The molecule has 0 atom stereocenters. The molecule has 0 radical (unpaired) electrons. The Morgan fingerprint density at radius 2 is 1.24 bits per heavy atom. The van der Waals surface area contributed by atoms with Crippen molar-refractivity contribution in [3.05, 3.63) is 78.9 Å². The fraction of sp³-hybridized carbons (Fsp3) is 0.231. The Morgan fingerprint density at radius 3 is 1.97 bits per heavy atom. The van der Waals surface area contributed by atoms with Gasteiger partial charge in [-0.2, -0.15) is 0 Å². The summed E-state index contributed by atoms with van der Waals surface area (Å²) in [6.45, 7) is 8.38. The third-order valence-corrected chi connectivity index (χ3v) is 6.47. The second-order valence-electron chi connectivity index (χ2n) is 8.94. The molecule has 0 bridgehead atoms. The lowest BCUT2D eigenvalue weighted by atomic mass is 9.76. The average Bonchev–Trinajstić information content (AvgIpc) is 2.94. The van der Waals surface area contributed by atoms with E-state index in [1.165, 1.54) is 32.7 Å². The summed E-state index contributed by atoms with van der Waals surface area (Å²) in [4.78, 5) is 0. The fourth-order valence-electron chi connectivity index (χ4n) is 4.04. The normalized spacial score (nSPS) is 17.9. The minimum atomic E-state index is -0.371. The third kappa shape index (κ3) is 3.06. The molecule has 144 valence electrons. The molecule has 3 heteroatoms. The van der Waals surface area contributed by atoms with Crippen LogP contribution in [-0.2, 0) is 9.31 Å². The third-order valence-electron chi connectivity index (χ3n) is 6.47. The molecular weight excluding hydrogens is 355 g/mol. The molecule has 0 aromatic heterocycles. The van der Waals surface area contributed by atoms with Crippen molar-refractivity contribution in [3.8, 4) is 11.1 Å². The van der Waals surface area contributed by atoms with E-state index in [4.69, 9.17) is 9.31 Å². The van der Waals surface area contributed by atoms with Gasteiger partial charge in [0.25, 0.3) is 0 Å². The van der Waals surface area contributed by atoms with Crippen LogP contribution in [0.5, 0.6) is 0 Å². The minimum Gasteiger partial charge on any atom is -0.399 e. The lowest BCUT2D eigenvalue weighted by molar-refractivity contribution is 0.00578. The Labute approximate surface area is 172 Å². The van der Waals surface area contributed by atoms with Crippen LogP contribution < -0.4 is 5.46 Å². The van der Waals surface area contributed by atoms with Crippen LogP contribution in [0.25, 0.3) is 32.7 Å². The first kappa shape index (κ1) is 18.4. The zero-order valence-corrected chi connectivity index (χ0v) is 17.4. The Kier molecular flexibility index (Phi) is 4.09. The molecule has 1 aliphatic rings. The SMILES string of the molecule is CC1(C)OB(c2cc(-c3ccc4ccccc4c3)c3ccccc3c2)OC1(C)C. The first-order chi connectivity index (χ1) is 13.8. The van der Waals surface area contributed by atoms with E-state index >= 15 is 0 Å². The van der Waals surface area contributed by atoms with Crippen LogP contribution in [-0.4, -0.2) is 18.3 Å². The van der Waals surface area contributed by atoms with Gasteiger partial charge in [-0.1, -0.05) is 72.8 Å². The van der Waals surface area contributed by atoms with Gasteiger partial charge in [-0.15, -0.1) is 0 Å². The maximum absolute atomic E-state index is 6.34. The van der Waals surface area contributed by atoms with Crippen LogP contribution in [0.15, 0.2) is 78.9 Å². The molecule has 0 saturated carbocycles. The predicted molar refractivity (Wildman–Crippen MR) is 123 cm³/mol. The molecule has 1 heterocycles. The zero-order chi connectivity index (χ0) is 20.2. The highest BCUT2D eigenvalue weighted by molar-refractivity contribution is 6.62. The van der Waals surface area contributed by atoms with E-state index in [1.54, 1.807) is 0 Å². The first-order valence-electron chi connectivity index (χ1n) is 10.2. The predicted octanol–water partition coefficient (Wildman–Crippen LogP) is 5.96. The Morgan fingerprint density at radius 1 is 0.621 bits per heavy atom. The minimum absolute atomic E-state index is 0.355. The first-order valence-corrected chi connectivity index (χ1v) is 10.2. The van der Waals surface area contributed by atoms with Crippen LogP contribution in [0.3, 0.4) is 0 Å². The van der Waals surface area contributed by atoms with Gasteiger partial charge in [0.1, 0.15) is 0 Å². The molecule has 0 aliphatic carbocycles. The molecule has 1 saturated heterocycles. The molecule has 1 fully saturated rings. The molecule has 2 nitrogen and oxygen atoms in total. The van der Waals surface area contributed by atoms with Gasteiger partial charge >= 0.3 is 7.12 Å². The lowest BCUT2D eigenvalue weighted by Crippen LogP contribution is -2.41. The van der Waals surface area contributed by atoms with Crippen molar-refractivity contribution < 1.29 is 9.31 Å². The summed E-state index contributed by atoms with van der Waals surface area (Å²) in [7, 11) is -0.371. The van der Waals surface area contributed by atoms with Gasteiger partial charge in [-0.25, -0.2) is 0 Å². The topological polar surface area (TPSA) is 18.5 Å². The molecule has 0 unspecified atom stereocenters. The van der Waals surface area contributed by atoms with Crippen LogP contribution in [0.4, 0.5) is 0 Å². The van der Waals surface area contributed by atoms with Gasteiger partial charge in [-0.05, 0) is 71.9 Å². The number of rotatable bonds is 2. The number of fused-ring (bicyclic) bond motifs is 2. The fourth-order valence-corrected chi connectivity index (χ4v) is 4.04. The molecule has 4 aromatic carbocycles. The summed E-state index contributed by atoms with van der Waals surface area (Å²) in [6.07, 6.45) is 0. The van der Waals surface area contributed by atoms with Crippen molar-refractivity contribution in [1.82, 2.24) is 0 Å². The molecule has 29 heavy (non-hydrogen) atoms. The number of benzene rings is 4. The summed E-state index contributed by atoms with van der Waals surface area (Å²) in [5.74, 6) is 0. The summed E-state index contributed by atoms with van der Waals surface area (Å²) >= 11 is 0. The number of hydrogen-bond donors (Lipinski definition) is 0. The average molecular weight is 380 g/mol. The van der Waals surface area contributed by atoms with Crippen LogP contribution in [0.1, 0.15) is 27.7 Å². The Hall–Kier alpha value is -2.62. The van der Waals surface area contributed by atoms with Crippen LogP contribution >= 0.6 is 0 Å². The maximum atomic E-state index is 6.34. The van der Waals surface area contributed by atoms with Crippen molar-refractivity contribution in [3.63, 3.8) is 0 Å². The van der Waals surface area contributed by atoms with Crippen LogP contribution in [0, 0.1) is 0 Å². The summed E-state index contributed by atoms with van der Waals surface area (Å²) in [6, 6.07) is 28.1. The molecule has 4 aromatic rings. The smallest absolute Gasteiger partial charge is 0.399 e. The van der Waals surface area contributed by atoms with E-state index in [1.807, 2.05) is 0 Å². The van der Waals surface area contributed by atoms with Crippen molar-refractivity contribution in [1.29, 1.82) is 0 Å². The van der Waals surface area contributed by atoms with Gasteiger partial charge in [-0.3, -0.25) is 0 Å². The van der Waals surface area contributed by atoms with E-state index in [0.29, 0.717) is 0 Å². The Bertz CT molecular complexity index is 1210. The van der Waals surface area contributed by atoms with Crippen molar-refractivity contribution in [2.24, 2.45) is 0 Å². The largest absolute Gasteiger partial charge is 0.494 e. The highest BCUT2D eigenvalue weighted by atomic mass is 16.7. The zero-order valence-electron chi connectivity index (χ0n) is 17.4. The molecule has 1 aliphatic heterocycles. The Balaban J connectivity index is 1.69. The van der Waals surface area contributed by atoms with E-state index in [2.05, 4.69) is 107 Å². The van der Waals surface area contributed by atoms with Crippen molar-refractivity contribution in [2.75, 3.05) is 0 Å². The van der Waals surface area contributed by atoms with E-state index in [9.17, 15) is 0 Å². The summed E-state index contributed by atoms with van der Waals surface area (Å²) in [5, 5.41) is 4.93. The van der Waals surface area contributed by atoms with E-state index in [-0.39, 0.29) is 18.3 Å². The quantitative estimate of drug-likeness (QED) is 0.400. The maximum Gasteiger partial charge on any atom is 0.494 e. The molecule has 0 N–H and O–H groups in total. The number of hydrogen-bond acceptors (Lipinski definition) is 2. The monoisotopic (exact) mass is 380 g/mol. The standard InChI is InChI=1S/C26H25BO2/c1-25(2)26(3,4)29-27(28-25)22-16-20-11-7-8-12-23(20)24(17-22)21-14-13-18-9-5-6-10-19(18)15-21/h5-17H,1-4H3. The second kappa shape index (κ2) is 6.45. The van der Waals surface area contributed by atoms with E-state index in [0.717, 1.165) is 5.46 Å². The summed E-state index contributed by atoms with van der Waals surface area (Å²) in [5.41, 5.74) is 2.76. The molecular formula is C26H25BO2. The van der Waals surface area contributed by atoms with Crippen LogP contribution in [0.2, 0.25) is 0 Å². The molecule has 5 rings (SSSR count). The van der Waals surface area contributed by atoms with Crippen molar-refractivity contribution >= 4 is 34.1 Å². The molecule has 0 spiro atoms. The van der Waals surface area contributed by atoms with Crippen molar-refractivity contribution in [2.45, 2.75) is 38.9 Å². The van der Waals surface area contributed by atoms with Gasteiger partial charge in [0, 0.05) is 0 Å². The molecule has 0 amide bonds. The lowest BCUT2D eigenvalue weighted by Gasteiger charge is -2.32. The van der Waals surface area contributed by atoms with Gasteiger partial charge < -0.3 is 9.31 Å². The highest BCUT2D eigenvalue weighted by Crippen LogP contribution is 2.37. The van der Waals surface area contributed by atoms with Gasteiger partial charge in [0.05, 0.1) is 11.2 Å². The van der Waals surface area contributed by atoms with Gasteiger partial charge in [0.15, 0.2) is 0 Å². The second-order valence-corrected chi connectivity index (χ2v) is 8.94. The van der Waals surface area contributed by atoms with E-state index < -0.39 is 0 Å². The highest BCUT2D eigenvalue weighted by Gasteiger charge is 2.51. The summed E-state index contributed by atoms with van der Waals surface area (Å²) < 4.78 is 12.7. The van der Waals surface area contributed by atoms with Gasteiger partial charge in [0.2, 0.25) is 0 Å².